The van der Waals surface area contributed by atoms with Gasteiger partial charge in [0, 0.05) is 28.2 Å². The largest absolute Gasteiger partial charge is 0.456 e. The molecule has 3 rings (SSSR count). The number of nitrogens with zero attached hydrogens (tertiary/aromatic N) is 1. The first-order chi connectivity index (χ1) is 19.8. The summed E-state index contributed by atoms with van der Waals surface area (Å²) in [5, 5.41) is 8.71. The topological polar surface area (TPSA) is 114 Å². The number of ether oxygens (including phenoxy) is 1. The Bertz CT molecular complexity index is 1100. The number of hydrogen-bond acceptors (Lipinski definition) is 9. The van der Waals surface area contributed by atoms with Gasteiger partial charge in [-0.15, -0.1) is 23.1 Å². The van der Waals surface area contributed by atoms with E-state index < -0.39 is 18.1 Å². The molecule has 2 N–H and O–H groups in total. The maximum Gasteiger partial charge on any atom is 0.329 e. The van der Waals surface area contributed by atoms with Gasteiger partial charge in [0.15, 0.2) is 5.12 Å². The van der Waals surface area contributed by atoms with Crippen molar-refractivity contribution in [3.63, 3.8) is 0 Å². The van der Waals surface area contributed by atoms with Crippen LogP contribution in [0.15, 0.2) is 23.6 Å². The molecule has 0 radical (unpaired) electrons. The van der Waals surface area contributed by atoms with Crippen LogP contribution in [0.25, 0.3) is 4.91 Å². The van der Waals surface area contributed by atoms with E-state index >= 15 is 0 Å². The number of allylic oxidation sites excluding steroid dienone is 1. The average Bonchev–Trinajstić information content (AvgIpc) is 3.61. The Morgan fingerprint density at radius 2 is 2.00 bits per heavy atom. The number of carbonyl (C=O) groups excluding carboxylic acids is 4. The molecule has 0 fully saturated rings. The van der Waals surface area contributed by atoms with Crippen molar-refractivity contribution in [1.29, 1.82) is 0 Å². The summed E-state index contributed by atoms with van der Waals surface area (Å²) < 4.78 is 5.77. The van der Waals surface area contributed by atoms with Crippen LogP contribution < -0.4 is 10.6 Å². The van der Waals surface area contributed by atoms with Crippen molar-refractivity contribution in [2.75, 3.05) is 11.5 Å². The number of hydrogen-bond donors (Lipinski definition) is 2. The lowest BCUT2D eigenvalue weighted by Crippen LogP contribution is -2.48. The molecule has 11 heteroatoms. The van der Waals surface area contributed by atoms with Gasteiger partial charge >= 0.3 is 5.97 Å². The SMILES string of the molecule is CCCCCCCC(=O)SCCC/C=C/C1CC(=O)NCc2nc(cs2)C2=C[C@@H](CS2)C(=O)N[C@@H](C(C)C)C(=O)O1. The third-order valence-electron chi connectivity index (χ3n) is 6.83. The van der Waals surface area contributed by atoms with E-state index in [1.54, 1.807) is 17.8 Å². The second-order valence-electron chi connectivity index (χ2n) is 10.7. The third kappa shape index (κ3) is 11.6. The summed E-state index contributed by atoms with van der Waals surface area (Å²) in [6, 6.07) is -0.827. The van der Waals surface area contributed by atoms with E-state index in [-0.39, 0.29) is 41.7 Å². The minimum absolute atomic E-state index is 0.0336. The Labute approximate surface area is 256 Å². The first-order valence-corrected chi connectivity index (χ1v) is 17.5. The van der Waals surface area contributed by atoms with Crippen LogP contribution >= 0.6 is 34.9 Å². The van der Waals surface area contributed by atoms with Crippen LogP contribution in [0.5, 0.6) is 0 Å². The Morgan fingerprint density at radius 3 is 2.78 bits per heavy atom. The zero-order valence-electron chi connectivity index (χ0n) is 24.3. The highest BCUT2D eigenvalue weighted by atomic mass is 32.2. The Kier molecular flexibility index (Phi) is 14.5. The van der Waals surface area contributed by atoms with Gasteiger partial charge in [-0.05, 0) is 31.3 Å². The second-order valence-corrected chi connectivity index (χ2v) is 13.9. The van der Waals surface area contributed by atoms with Gasteiger partial charge in [0.2, 0.25) is 11.8 Å². The Morgan fingerprint density at radius 1 is 1.20 bits per heavy atom. The molecule has 41 heavy (non-hydrogen) atoms. The summed E-state index contributed by atoms with van der Waals surface area (Å²) >= 11 is 4.40. The molecule has 3 heterocycles. The van der Waals surface area contributed by atoms with Crippen molar-refractivity contribution in [3.8, 4) is 0 Å². The van der Waals surface area contributed by atoms with E-state index in [9.17, 15) is 19.2 Å². The molecular formula is C30H43N3O5S3. The summed E-state index contributed by atoms with van der Waals surface area (Å²) in [6.07, 6.45) is 12.6. The fourth-order valence-electron chi connectivity index (χ4n) is 4.41. The van der Waals surface area contributed by atoms with Crippen LogP contribution in [-0.2, 0) is 30.5 Å². The zero-order chi connectivity index (χ0) is 29.6. The zero-order valence-corrected chi connectivity index (χ0v) is 26.8. The maximum absolute atomic E-state index is 13.2. The molecule has 0 spiro atoms. The highest BCUT2D eigenvalue weighted by molar-refractivity contribution is 8.13. The molecule has 0 aliphatic carbocycles. The number of unbranched alkanes of at least 4 members (excludes halogenated alkanes) is 5. The normalized spacial score (nSPS) is 22.0. The number of rotatable bonds is 12. The van der Waals surface area contributed by atoms with Crippen LogP contribution in [-0.4, -0.2) is 51.5 Å². The van der Waals surface area contributed by atoms with E-state index in [1.807, 2.05) is 31.4 Å². The van der Waals surface area contributed by atoms with Gasteiger partial charge in [-0.1, -0.05) is 70.4 Å². The van der Waals surface area contributed by atoms with E-state index in [0.29, 0.717) is 18.6 Å². The quantitative estimate of drug-likeness (QED) is 0.169. The summed E-state index contributed by atoms with van der Waals surface area (Å²) in [7, 11) is 0. The fourth-order valence-corrected chi connectivity index (χ4v) is 7.17. The van der Waals surface area contributed by atoms with Gasteiger partial charge in [-0.3, -0.25) is 14.4 Å². The smallest absolute Gasteiger partial charge is 0.329 e. The molecule has 1 aromatic heterocycles. The first kappa shape index (κ1) is 33.4. The number of esters is 1. The predicted molar refractivity (Wildman–Crippen MR) is 168 cm³/mol. The van der Waals surface area contributed by atoms with Crippen LogP contribution in [0.4, 0.5) is 0 Å². The van der Waals surface area contributed by atoms with Crippen LogP contribution in [0.2, 0.25) is 0 Å². The molecule has 226 valence electrons. The molecule has 2 amide bonds. The third-order valence-corrected chi connectivity index (χ3v) is 9.88. The van der Waals surface area contributed by atoms with Crippen LogP contribution in [0.3, 0.4) is 0 Å². The van der Waals surface area contributed by atoms with Crippen molar-refractivity contribution in [3.05, 3.63) is 34.3 Å². The van der Waals surface area contributed by atoms with Gasteiger partial charge < -0.3 is 15.4 Å². The minimum Gasteiger partial charge on any atom is -0.456 e. The summed E-state index contributed by atoms with van der Waals surface area (Å²) in [6.45, 7) is 6.18. The Hall–Kier alpha value is -2.11. The standard InChI is InChI=1S/C30H43N3O5S3/c1-4-5-6-7-10-13-27(35)39-14-11-8-9-12-22-16-25(34)31-17-26-32-23(19-41-26)24-15-21(18-40-24)29(36)33-28(20(2)3)30(37)38-22/h9,12,15,19-22,28H,4-8,10-11,13-14,16-18H2,1-3H3,(H,31,34)(H,33,36)/b12-9+/t21-,22?,28-/m0/s1. The number of cyclic esters (lactones) is 1. The minimum atomic E-state index is -0.827. The van der Waals surface area contributed by atoms with Gasteiger partial charge in [-0.2, -0.15) is 0 Å². The van der Waals surface area contributed by atoms with Crippen molar-refractivity contribution in [2.24, 2.45) is 11.8 Å². The second kappa shape index (κ2) is 17.8. The molecule has 1 aromatic rings. The van der Waals surface area contributed by atoms with Crippen molar-refractivity contribution >= 4 is 62.7 Å². The van der Waals surface area contributed by atoms with E-state index in [1.165, 1.54) is 42.4 Å². The molecular weight excluding hydrogens is 579 g/mol. The van der Waals surface area contributed by atoms with Crippen molar-refractivity contribution < 1.29 is 23.9 Å². The molecule has 8 nitrogen and oxygen atoms in total. The predicted octanol–water partition coefficient (Wildman–Crippen LogP) is 5.88. The highest BCUT2D eigenvalue weighted by Crippen LogP contribution is 2.37. The number of fused-ring (bicyclic) bond motifs is 4. The lowest BCUT2D eigenvalue weighted by atomic mass is 10.0. The van der Waals surface area contributed by atoms with Crippen LogP contribution in [0, 0.1) is 11.8 Å². The molecule has 0 saturated carbocycles. The monoisotopic (exact) mass is 621 g/mol. The first-order valence-electron chi connectivity index (χ1n) is 14.7. The summed E-state index contributed by atoms with van der Waals surface area (Å²) in [4.78, 5) is 56.7. The summed E-state index contributed by atoms with van der Waals surface area (Å²) in [5.41, 5.74) is 0.805. The van der Waals surface area contributed by atoms with Gasteiger partial charge in [-0.25, -0.2) is 9.78 Å². The number of amides is 2. The number of carbonyl (C=O) groups is 4. The lowest BCUT2D eigenvalue weighted by Gasteiger charge is -2.24. The van der Waals surface area contributed by atoms with Crippen LogP contribution in [0.1, 0.15) is 89.3 Å². The van der Waals surface area contributed by atoms with E-state index in [0.717, 1.165) is 40.6 Å². The van der Waals surface area contributed by atoms with Gasteiger partial charge in [0.1, 0.15) is 17.2 Å². The molecule has 0 saturated heterocycles. The van der Waals surface area contributed by atoms with E-state index in [4.69, 9.17) is 4.74 Å². The highest BCUT2D eigenvalue weighted by Gasteiger charge is 2.32. The average molecular weight is 622 g/mol. The molecule has 3 atom stereocenters. The molecule has 1 unspecified atom stereocenters. The number of thiazole rings is 1. The van der Waals surface area contributed by atoms with Crippen molar-refractivity contribution in [2.45, 2.75) is 97.2 Å². The molecule has 2 aliphatic heterocycles. The fraction of sp³-hybridized carbons (Fsp3) is 0.633. The summed E-state index contributed by atoms with van der Waals surface area (Å²) in [5.74, 6) is -0.263. The lowest BCUT2D eigenvalue weighted by molar-refractivity contribution is -0.153. The number of aromatic nitrogens is 1. The van der Waals surface area contributed by atoms with E-state index in [2.05, 4.69) is 22.5 Å². The molecule has 0 aromatic carbocycles. The molecule has 4 bridgehead atoms. The van der Waals surface area contributed by atoms with Crippen molar-refractivity contribution in [1.82, 2.24) is 15.6 Å². The van der Waals surface area contributed by atoms with Gasteiger partial charge in [0.25, 0.3) is 0 Å². The molecule has 2 aliphatic rings. The maximum atomic E-state index is 13.2. The Balaban J connectivity index is 1.58. The number of nitrogens with one attached hydrogen (secondary N) is 2. The van der Waals surface area contributed by atoms with Gasteiger partial charge in [0.05, 0.1) is 24.6 Å². The number of thioether (sulfide) groups is 2.